The molecule has 0 radical (unpaired) electrons. The van der Waals surface area contributed by atoms with E-state index < -0.39 is 0 Å². The molecule has 0 atom stereocenters. The van der Waals surface area contributed by atoms with Crippen molar-refractivity contribution < 1.29 is 9.21 Å². The van der Waals surface area contributed by atoms with Crippen LogP contribution in [-0.4, -0.2) is 10.8 Å². The van der Waals surface area contributed by atoms with Crippen LogP contribution in [0.5, 0.6) is 0 Å². The average Bonchev–Trinajstić information content (AvgIpc) is 2.76. The summed E-state index contributed by atoms with van der Waals surface area (Å²) in [5.41, 5.74) is 2.19. The second kappa shape index (κ2) is 5.86. The molecular formula is C19H27NO2. The summed E-state index contributed by atoms with van der Waals surface area (Å²) in [5, 5.41) is 0. The highest BCUT2D eigenvalue weighted by Crippen LogP contribution is 2.26. The number of aromatic nitrogens is 1. The van der Waals surface area contributed by atoms with Gasteiger partial charge in [0.2, 0.25) is 0 Å². The monoisotopic (exact) mass is 301 g/mol. The fraction of sp³-hybridized carbons (Fsp3) is 0.579. The fourth-order valence-corrected chi connectivity index (χ4v) is 2.43. The number of ketones is 1. The Morgan fingerprint density at radius 3 is 2.41 bits per heavy atom. The van der Waals surface area contributed by atoms with Gasteiger partial charge >= 0.3 is 0 Å². The third-order valence-electron chi connectivity index (χ3n) is 3.69. The van der Waals surface area contributed by atoms with E-state index in [-0.39, 0.29) is 11.2 Å². The fourth-order valence-electron chi connectivity index (χ4n) is 2.43. The molecule has 2 rings (SSSR count). The third kappa shape index (κ3) is 4.19. The second-order valence-electron chi connectivity index (χ2n) is 8.28. The van der Waals surface area contributed by atoms with Gasteiger partial charge in [-0.15, -0.1) is 0 Å². The van der Waals surface area contributed by atoms with Gasteiger partial charge in [-0.25, -0.2) is 4.98 Å². The number of Topliss-reactive ketones (excluding diaryl/α,β-unsaturated/α-hetero) is 1. The number of carbonyl (C=O) groups excluding carboxylic acids is 1. The summed E-state index contributed by atoms with van der Waals surface area (Å²) in [4.78, 5) is 16.9. The molecular weight excluding hydrogens is 274 g/mol. The van der Waals surface area contributed by atoms with Gasteiger partial charge in [0.05, 0.1) is 0 Å². The van der Waals surface area contributed by atoms with Gasteiger partial charge in [0.25, 0.3) is 0 Å². The normalized spacial score (nSPS) is 12.8. The van der Waals surface area contributed by atoms with Crippen LogP contribution in [0.3, 0.4) is 0 Å². The molecule has 0 aliphatic carbocycles. The molecule has 120 valence electrons. The zero-order chi connectivity index (χ0) is 16.5. The molecule has 0 saturated heterocycles. The molecule has 3 nitrogen and oxygen atoms in total. The SMILES string of the molecule is CC(C)(C)CCCc1nc2cc(C(=O)C(C)(C)C)ccc2o1. The summed E-state index contributed by atoms with van der Waals surface area (Å²) in [6, 6.07) is 5.54. The summed E-state index contributed by atoms with van der Waals surface area (Å²) in [5.74, 6) is 0.895. The number of benzene rings is 1. The summed E-state index contributed by atoms with van der Waals surface area (Å²) in [6.07, 6.45) is 3.04. The first-order valence-corrected chi connectivity index (χ1v) is 8.00. The molecule has 22 heavy (non-hydrogen) atoms. The number of hydrogen-bond donors (Lipinski definition) is 0. The molecule has 0 aliphatic rings. The van der Waals surface area contributed by atoms with E-state index in [0.29, 0.717) is 11.0 Å². The van der Waals surface area contributed by atoms with Gasteiger partial charge in [-0.3, -0.25) is 4.79 Å². The Hall–Kier alpha value is -1.64. The Morgan fingerprint density at radius 1 is 1.14 bits per heavy atom. The average molecular weight is 301 g/mol. The summed E-state index contributed by atoms with van der Waals surface area (Å²) in [6.45, 7) is 12.5. The number of oxazole rings is 1. The molecule has 0 fully saturated rings. The number of aryl methyl sites for hydroxylation is 1. The van der Waals surface area contributed by atoms with Crippen LogP contribution in [0.15, 0.2) is 22.6 Å². The molecule has 3 heteroatoms. The van der Waals surface area contributed by atoms with E-state index in [9.17, 15) is 4.79 Å². The first-order chi connectivity index (χ1) is 10.1. The van der Waals surface area contributed by atoms with E-state index >= 15 is 0 Å². The van der Waals surface area contributed by atoms with Crippen molar-refractivity contribution in [3.05, 3.63) is 29.7 Å². The van der Waals surface area contributed by atoms with Crippen molar-refractivity contribution in [2.45, 2.75) is 60.8 Å². The Bertz CT molecular complexity index is 669. The lowest BCUT2D eigenvalue weighted by molar-refractivity contribution is 0.0858. The number of fused-ring (bicyclic) bond motifs is 1. The van der Waals surface area contributed by atoms with Crippen molar-refractivity contribution in [2.75, 3.05) is 0 Å². The van der Waals surface area contributed by atoms with Gasteiger partial charge in [-0.2, -0.15) is 0 Å². The molecule has 0 spiro atoms. The number of rotatable bonds is 4. The maximum Gasteiger partial charge on any atom is 0.195 e. The number of hydrogen-bond acceptors (Lipinski definition) is 3. The van der Waals surface area contributed by atoms with Crippen LogP contribution >= 0.6 is 0 Å². The van der Waals surface area contributed by atoms with Crippen molar-refractivity contribution in [2.24, 2.45) is 10.8 Å². The maximum absolute atomic E-state index is 12.3. The zero-order valence-electron chi connectivity index (χ0n) is 14.6. The van der Waals surface area contributed by atoms with E-state index in [4.69, 9.17) is 4.42 Å². The van der Waals surface area contributed by atoms with Gasteiger partial charge in [0.1, 0.15) is 5.52 Å². The molecule has 0 N–H and O–H groups in total. The lowest BCUT2D eigenvalue weighted by Crippen LogP contribution is -2.19. The topological polar surface area (TPSA) is 43.1 Å². The van der Waals surface area contributed by atoms with E-state index in [1.807, 2.05) is 39.0 Å². The van der Waals surface area contributed by atoms with Crippen LogP contribution in [0.25, 0.3) is 11.1 Å². The Balaban J connectivity index is 2.16. The standard InChI is InChI=1S/C19H27NO2/c1-18(2,3)11-7-8-16-20-14-12-13(9-10-15(14)22-16)17(21)19(4,5)6/h9-10,12H,7-8,11H2,1-6H3. The zero-order valence-corrected chi connectivity index (χ0v) is 14.6. The smallest absolute Gasteiger partial charge is 0.195 e. The van der Waals surface area contributed by atoms with Gasteiger partial charge in [0, 0.05) is 17.4 Å². The predicted octanol–water partition coefficient (Wildman–Crippen LogP) is 5.43. The largest absolute Gasteiger partial charge is 0.441 e. The minimum atomic E-state index is -0.382. The number of carbonyl (C=O) groups is 1. The van der Waals surface area contributed by atoms with Gasteiger partial charge in [-0.1, -0.05) is 41.5 Å². The highest BCUT2D eigenvalue weighted by molar-refractivity contribution is 6.01. The van der Waals surface area contributed by atoms with Gasteiger partial charge in [-0.05, 0) is 36.5 Å². The van der Waals surface area contributed by atoms with Crippen molar-refractivity contribution in [3.8, 4) is 0 Å². The minimum absolute atomic E-state index is 0.131. The summed E-state index contributed by atoms with van der Waals surface area (Å²) in [7, 11) is 0. The summed E-state index contributed by atoms with van der Waals surface area (Å²) >= 11 is 0. The first-order valence-electron chi connectivity index (χ1n) is 8.00. The molecule has 1 aromatic heterocycles. The van der Waals surface area contributed by atoms with Crippen molar-refractivity contribution >= 4 is 16.9 Å². The molecule has 2 aromatic rings. The van der Waals surface area contributed by atoms with Crippen molar-refractivity contribution in [3.63, 3.8) is 0 Å². The van der Waals surface area contributed by atoms with E-state index in [0.717, 1.165) is 36.3 Å². The second-order valence-corrected chi connectivity index (χ2v) is 8.28. The van der Waals surface area contributed by atoms with Gasteiger partial charge in [0.15, 0.2) is 17.3 Å². The highest BCUT2D eigenvalue weighted by atomic mass is 16.3. The minimum Gasteiger partial charge on any atom is -0.441 e. The van der Waals surface area contributed by atoms with Crippen LogP contribution < -0.4 is 0 Å². The van der Waals surface area contributed by atoms with Gasteiger partial charge < -0.3 is 4.42 Å². The lowest BCUT2D eigenvalue weighted by atomic mass is 9.86. The van der Waals surface area contributed by atoms with E-state index in [1.54, 1.807) is 0 Å². The van der Waals surface area contributed by atoms with Crippen LogP contribution in [0.4, 0.5) is 0 Å². The maximum atomic E-state index is 12.3. The molecule has 0 bridgehead atoms. The van der Waals surface area contributed by atoms with Crippen LogP contribution in [0.2, 0.25) is 0 Å². The van der Waals surface area contributed by atoms with Crippen LogP contribution in [0, 0.1) is 10.8 Å². The molecule has 0 aliphatic heterocycles. The highest BCUT2D eigenvalue weighted by Gasteiger charge is 2.23. The third-order valence-corrected chi connectivity index (χ3v) is 3.69. The Labute approximate surface area is 133 Å². The van der Waals surface area contributed by atoms with Crippen LogP contribution in [-0.2, 0) is 6.42 Å². The molecule has 0 unspecified atom stereocenters. The molecule has 0 saturated carbocycles. The summed E-state index contributed by atoms with van der Waals surface area (Å²) < 4.78 is 5.78. The lowest BCUT2D eigenvalue weighted by Gasteiger charge is -2.16. The molecule has 1 aromatic carbocycles. The quantitative estimate of drug-likeness (QED) is 0.708. The predicted molar refractivity (Wildman–Crippen MR) is 90.2 cm³/mol. The van der Waals surface area contributed by atoms with Crippen molar-refractivity contribution in [1.29, 1.82) is 0 Å². The number of nitrogens with zero attached hydrogens (tertiary/aromatic N) is 1. The molecule has 1 heterocycles. The van der Waals surface area contributed by atoms with E-state index in [2.05, 4.69) is 25.8 Å². The Kier molecular flexibility index (Phi) is 4.46. The molecule has 0 amide bonds. The van der Waals surface area contributed by atoms with Crippen molar-refractivity contribution in [1.82, 2.24) is 4.98 Å². The first kappa shape index (κ1) is 16.7. The Morgan fingerprint density at radius 2 is 1.82 bits per heavy atom. The van der Waals surface area contributed by atoms with Crippen LogP contribution in [0.1, 0.15) is 70.6 Å². The van der Waals surface area contributed by atoms with E-state index in [1.165, 1.54) is 0 Å².